The number of fused-ring (bicyclic) bond motifs is 1. The summed E-state index contributed by atoms with van der Waals surface area (Å²) in [7, 11) is 0. The van der Waals surface area contributed by atoms with E-state index >= 15 is 0 Å². The number of pyridine rings is 1. The molecule has 0 aliphatic heterocycles. The minimum absolute atomic E-state index is 0.126. The lowest BCUT2D eigenvalue weighted by Gasteiger charge is -2.07. The molecule has 0 bridgehead atoms. The van der Waals surface area contributed by atoms with Crippen molar-refractivity contribution >= 4 is 16.8 Å². The number of ketones is 1. The topological polar surface area (TPSA) is 60.2 Å². The van der Waals surface area contributed by atoms with E-state index in [4.69, 9.17) is 4.42 Å². The molecule has 0 aliphatic rings. The molecule has 3 rings (SSSR count). The van der Waals surface area contributed by atoms with Crippen LogP contribution in [0.4, 0.5) is 0 Å². The van der Waals surface area contributed by atoms with Crippen molar-refractivity contribution in [3.63, 3.8) is 0 Å². The van der Waals surface area contributed by atoms with Gasteiger partial charge < -0.3 is 4.42 Å². The number of hydrogen-bond acceptors (Lipinski definition) is 4. The van der Waals surface area contributed by atoms with E-state index in [1.165, 1.54) is 13.0 Å². The van der Waals surface area contributed by atoms with Gasteiger partial charge in [-0.1, -0.05) is 0 Å². The molecule has 0 saturated heterocycles. The minimum Gasteiger partial charge on any atom is -0.455 e. The third-order valence-corrected chi connectivity index (χ3v) is 3.32. The molecule has 0 spiro atoms. The summed E-state index contributed by atoms with van der Waals surface area (Å²) in [6.07, 6.45) is 3.25. The molecular formula is C17H13NO3. The Balaban J connectivity index is 2.38. The molecule has 2 heterocycles. The Morgan fingerprint density at radius 2 is 1.86 bits per heavy atom. The number of carbonyl (C=O) groups excluding carboxylic acids is 1. The van der Waals surface area contributed by atoms with Gasteiger partial charge in [0.2, 0.25) is 0 Å². The highest BCUT2D eigenvalue weighted by atomic mass is 16.3. The summed E-state index contributed by atoms with van der Waals surface area (Å²) in [6.45, 7) is 3.31. The molecule has 0 aliphatic carbocycles. The normalized spacial score (nSPS) is 10.8. The maximum atomic E-state index is 12.3. The summed E-state index contributed by atoms with van der Waals surface area (Å²) in [5, 5.41) is 0.429. The monoisotopic (exact) mass is 279 g/mol. The van der Waals surface area contributed by atoms with Gasteiger partial charge in [-0.15, -0.1) is 0 Å². The molecule has 0 atom stereocenters. The zero-order chi connectivity index (χ0) is 15.0. The lowest BCUT2D eigenvalue weighted by atomic mass is 10.0. The van der Waals surface area contributed by atoms with Gasteiger partial charge in [-0.05, 0) is 43.7 Å². The van der Waals surface area contributed by atoms with Crippen LogP contribution in [0.15, 0.2) is 51.9 Å². The Labute approximate surface area is 121 Å². The van der Waals surface area contributed by atoms with E-state index in [2.05, 4.69) is 4.98 Å². The number of nitrogens with zero attached hydrogens (tertiary/aromatic N) is 1. The summed E-state index contributed by atoms with van der Waals surface area (Å²) in [6, 6.07) is 8.44. The van der Waals surface area contributed by atoms with Crippen molar-refractivity contribution in [3.05, 3.63) is 64.1 Å². The minimum atomic E-state index is -0.158. The predicted octanol–water partition coefficient (Wildman–Crippen LogP) is 3.37. The van der Waals surface area contributed by atoms with Gasteiger partial charge in [0.25, 0.3) is 0 Å². The Hall–Kier alpha value is -2.75. The highest BCUT2D eigenvalue weighted by molar-refractivity contribution is 6.05. The summed E-state index contributed by atoms with van der Waals surface area (Å²) in [4.78, 5) is 28.1. The average Bonchev–Trinajstić information content (AvgIpc) is 2.48. The first-order valence-electron chi connectivity index (χ1n) is 6.56. The first-order chi connectivity index (χ1) is 10.1. The third-order valence-electron chi connectivity index (χ3n) is 3.32. The van der Waals surface area contributed by atoms with Crippen molar-refractivity contribution in [2.24, 2.45) is 0 Å². The number of carbonyl (C=O) groups is 1. The number of hydrogen-bond donors (Lipinski definition) is 0. The van der Waals surface area contributed by atoms with Crippen LogP contribution >= 0.6 is 0 Å². The van der Waals surface area contributed by atoms with Crippen molar-refractivity contribution in [1.82, 2.24) is 4.98 Å². The van der Waals surface area contributed by atoms with Gasteiger partial charge in [0, 0.05) is 24.0 Å². The summed E-state index contributed by atoms with van der Waals surface area (Å²) in [5.41, 5.74) is 2.22. The van der Waals surface area contributed by atoms with Crippen LogP contribution in [0.25, 0.3) is 22.3 Å². The quantitative estimate of drug-likeness (QED) is 0.675. The highest BCUT2D eigenvalue weighted by Crippen LogP contribution is 2.25. The second kappa shape index (κ2) is 4.98. The van der Waals surface area contributed by atoms with Crippen LogP contribution in [0.5, 0.6) is 0 Å². The fraction of sp³-hybridized carbons (Fsp3) is 0.118. The smallest absolute Gasteiger partial charge is 0.193 e. The van der Waals surface area contributed by atoms with E-state index in [1.807, 2.05) is 6.92 Å². The molecule has 2 aromatic heterocycles. The molecule has 1 aromatic carbocycles. The number of aromatic nitrogens is 1. The van der Waals surface area contributed by atoms with E-state index in [-0.39, 0.29) is 11.2 Å². The molecule has 4 heteroatoms. The molecule has 4 nitrogen and oxygen atoms in total. The first kappa shape index (κ1) is 13.2. The Morgan fingerprint density at radius 3 is 2.52 bits per heavy atom. The maximum Gasteiger partial charge on any atom is 0.193 e. The van der Waals surface area contributed by atoms with Gasteiger partial charge in [0.15, 0.2) is 11.2 Å². The third kappa shape index (κ3) is 2.36. The van der Waals surface area contributed by atoms with Crippen molar-refractivity contribution in [2.75, 3.05) is 0 Å². The zero-order valence-electron chi connectivity index (χ0n) is 11.7. The molecule has 0 fully saturated rings. The van der Waals surface area contributed by atoms with Crippen LogP contribution in [0.1, 0.15) is 22.8 Å². The van der Waals surface area contributed by atoms with E-state index in [0.717, 1.165) is 11.1 Å². The SMILES string of the molecule is CC(=O)c1cc(C)cc2c(=O)cc(-c3ccncc3)oc12. The van der Waals surface area contributed by atoms with Crippen molar-refractivity contribution in [1.29, 1.82) is 0 Å². The van der Waals surface area contributed by atoms with Gasteiger partial charge in [0.05, 0.1) is 10.9 Å². The molecule has 0 saturated carbocycles. The van der Waals surface area contributed by atoms with Gasteiger partial charge >= 0.3 is 0 Å². The van der Waals surface area contributed by atoms with Gasteiger partial charge in [-0.3, -0.25) is 14.6 Å². The second-order valence-electron chi connectivity index (χ2n) is 4.96. The highest BCUT2D eigenvalue weighted by Gasteiger charge is 2.14. The number of benzene rings is 1. The summed E-state index contributed by atoms with van der Waals surface area (Å²) >= 11 is 0. The molecular weight excluding hydrogens is 266 g/mol. The van der Waals surface area contributed by atoms with Gasteiger partial charge in [-0.25, -0.2) is 0 Å². The van der Waals surface area contributed by atoms with Crippen molar-refractivity contribution in [2.45, 2.75) is 13.8 Å². The average molecular weight is 279 g/mol. The van der Waals surface area contributed by atoms with Crippen LogP contribution in [0, 0.1) is 6.92 Å². The second-order valence-corrected chi connectivity index (χ2v) is 4.96. The van der Waals surface area contributed by atoms with Crippen LogP contribution < -0.4 is 5.43 Å². The van der Waals surface area contributed by atoms with Crippen LogP contribution in [0.2, 0.25) is 0 Å². The molecule has 0 amide bonds. The Bertz CT molecular complexity index is 895. The molecule has 0 N–H and O–H groups in total. The Kier molecular flexibility index (Phi) is 3.14. The summed E-state index contributed by atoms with van der Waals surface area (Å²) < 4.78 is 5.83. The van der Waals surface area contributed by atoms with Crippen molar-refractivity contribution in [3.8, 4) is 11.3 Å². The number of rotatable bonds is 2. The lowest BCUT2D eigenvalue weighted by Crippen LogP contribution is -2.04. The van der Waals surface area contributed by atoms with Crippen molar-refractivity contribution < 1.29 is 9.21 Å². The largest absolute Gasteiger partial charge is 0.455 e. The standard InChI is InChI=1S/C17H13NO3/c1-10-7-13(11(2)19)17-14(8-10)15(20)9-16(21-17)12-3-5-18-6-4-12/h3-9H,1-2H3. The van der Waals surface area contributed by atoms with E-state index in [0.29, 0.717) is 22.3 Å². The number of Topliss-reactive ketones (excluding diaryl/α,β-unsaturated/α-hetero) is 1. The van der Waals surface area contributed by atoms with E-state index < -0.39 is 0 Å². The molecule has 0 unspecified atom stereocenters. The maximum absolute atomic E-state index is 12.3. The zero-order valence-corrected chi connectivity index (χ0v) is 11.7. The summed E-state index contributed by atoms with van der Waals surface area (Å²) in [5.74, 6) is 0.306. The Morgan fingerprint density at radius 1 is 1.14 bits per heavy atom. The molecule has 0 radical (unpaired) electrons. The lowest BCUT2D eigenvalue weighted by molar-refractivity contribution is 0.101. The molecule has 3 aromatic rings. The predicted molar refractivity (Wildman–Crippen MR) is 80.5 cm³/mol. The van der Waals surface area contributed by atoms with E-state index in [9.17, 15) is 9.59 Å². The number of aryl methyl sites for hydroxylation is 1. The van der Waals surface area contributed by atoms with Gasteiger partial charge in [-0.2, -0.15) is 0 Å². The van der Waals surface area contributed by atoms with Crippen LogP contribution in [0.3, 0.4) is 0 Å². The van der Waals surface area contributed by atoms with Crippen LogP contribution in [-0.4, -0.2) is 10.8 Å². The van der Waals surface area contributed by atoms with Crippen LogP contribution in [-0.2, 0) is 0 Å². The fourth-order valence-electron chi connectivity index (χ4n) is 2.32. The fourth-order valence-corrected chi connectivity index (χ4v) is 2.32. The van der Waals surface area contributed by atoms with E-state index in [1.54, 1.807) is 36.7 Å². The molecule has 21 heavy (non-hydrogen) atoms. The molecule has 104 valence electrons. The first-order valence-corrected chi connectivity index (χ1v) is 6.56. The van der Waals surface area contributed by atoms with Gasteiger partial charge in [0.1, 0.15) is 11.3 Å².